The van der Waals surface area contributed by atoms with Crippen LogP contribution in [0, 0.1) is 5.82 Å². The van der Waals surface area contributed by atoms with Crippen LogP contribution in [0.2, 0.25) is 0 Å². The van der Waals surface area contributed by atoms with Gasteiger partial charge in [-0.05, 0) is 24.7 Å². The predicted octanol–water partition coefficient (Wildman–Crippen LogP) is 2.67. The fourth-order valence-electron chi connectivity index (χ4n) is 1.58. The molecule has 16 heavy (non-hydrogen) atoms. The van der Waals surface area contributed by atoms with E-state index in [0.717, 1.165) is 18.7 Å². The minimum absolute atomic E-state index is 0.182. The smallest absolute Gasteiger partial charge is 0.123 e. The topological polar surface area (TPSA) is 12.5 Å². The summed E-state index contributed by atoms with van der Waals surface area (Å²) in [6.45, 7) is 2.28. The summed E-state index contributed by atoms with van der Waals surface area (Å²) in [5.74, 6) is -0.182. The number of hydrogen-bond donors (Lipinski definition) is 0. The molecule has 90 valence electrons. The SMILES string of the molecule is COCC(Br)CN(C)Cc1cccc(F)c1. The molecule has 0 heterocycles. The second-order valence-corrected chi connectivity index (χ2v) is 5.17. The lowest BCUT2D eigenvalue weighted by Gasteiger charge is -2.19. The van der Waals surface area contributed by atoms with Gasteiger partial charge in [0.2, 0.25) is 0 Å². The van der Waals surface area contributed by atoms with Gasteiger partial charge in [-0.3, -0.25) is 0 Å². The Morgan fingerprint density at radius 1 is 1.50 bits per heavy atom. The van der Waals surface area contributed by atoms with Crippen LogP contribution in [0.15, 0.2) is 24.3 Å². The zero-order chi connectivity index (χ0) is 12.0. The Morgan fingerprint density at radius 2 is 2.25 bits per heavy atom. The second kappa shape index (κ2) is 6.99. The van der Waals surface area contributed by atoms with Crippen LogP contribution in [0.3, 0.4) is 0 Å². The molecule has 0 aliphatic carbocycles. The van der Waals surface area contributed by atoms with E-state index in [2.05, 4.69) is 20.8 Å². The van der Waals surface area contributed by atoms with E-state index in [4.69, 9.17) is 4.74 Å². The Kier molecular flexibility index (Phi) is 5.95. The first kappa shape index (κ1) is 13.6. The van der Waals surface area contributed by atoms with E-state index in [1.807, 2.05) is 13.1 Å². The maximum atomic E-state index is 13.0. The number of hydrogen-bond acceptors (Lipinski definition) is 2. The van der Waals surface area contributed by atoms with E-state index in [1.165, 1.54) is 6.07 Å². The number of ether oxygens (including phenoxy) is 1. The zero-order valence-electron chi connectivity index (χ0n) is 9.62. The number of nitrogens with zero attached hydrogens (tertiary/aromatic N) is 1. The number of alkyl halides is 1. The minimum atomic E-state index is -0.182. The average molecular weight is 290 g/mol. The summed E-state index contributed by atoms with van der Waals surface area (Å²) in [7, 11) is 3.69. The summed E-state index contributed by atoms with van der Waals surface area (Å²) in [5, 5.41) is 0. The van der Waals surface area contributed by atoms with E-state index in [0.29, 0.717) is 11.4 Å². The summed E-state index contributed by atoms with van der Waals surface area (Å²) in [5.41, 5.74) is 0.986. The van der Waals surface area contributed by atoms with Gasteiger partial charge in [0.15, 0.2) is 0 Å². The van der Waals surface area contributed by atoms with E-state index < -0.39 is 0 Å². The minimum Gasteiger partial charge on any atom is -0.383 e. The van der Waals surface area contributed by atoms with Crippen LogP contribution in [0.5, 0.6) is 0 Å². The van der Waals surface area contributed by atoms with Gasteiger partial charge in [0.05, 0.1) is 11.4 Å². The molecule has 0 fully saturated rings. The molecule has 1 unspecified atom stereocenters. The van der Waals surface area contributed by atoms with Gasteiger partial charge in [-0.1, -0.05) is 28.1 Å². The molecule has 1 aromatic carbocycles. The molecule has 0 amide bonds. The zero-order valence-corrected chi connectivity index (χ0v) is 11.2. The molecule has 1 rings (SSSR count). The Morgan fingerprint density at radius 3 is 2.88 bits per heavy atom. The normalized spacial score (nSPS) is 13.1. The van der Waals surface area contributed by atoms with Gasteiger partial charge in [-0.2, -0.15) is 0 Å². The van der Waals surface area contributed by atoms with Crippen molar-refractivity contribution in [2.75, 3.05) is 27.3 Å². The third-order valence-electron chi connectivity index (χ3n) is 2.20. The van der Waals surface area contributed by atoms with Crippen LogP contribution < -0.4 is 0 Å². The average Bonchev–Trinajstić information content (AvgIpc) is 2.17. The lowest BCUT2D eigenvalue weighted by atomic mass is 10.2. The van der Waals surface area contributed by atoms with Crippen LogP contribution in [0.1, 0.15) is 5.56 Å². The lowest BCUT2D eigenvalue weighted by Crippen LogP contribution is -2.28. The van der Waals surface area contributed by atoms with Gasteiger partial charge < -0.3 is 9.64 Å². The molecule has 0 bridgehead atoms. The number of methoxy groups -OCH3 is 1. The van der Waals surface area contributed by atoms with Crippen molar-refractivity contribution in [1.82, 2.24) is 4.90 Å². The van der Waals surface area contributed by atoms with Crippen LogP contribution in [0.4, 0.5) is 4.39 Å². The molecular formula is C12H17BrFNO. The molecule has 0 aliphatic heterocycles. The highest BCUT2D eigenvalue weighted by Crippen LogP contribution is 2.08. The largest absolute Gasteiger partial charge is 0.383 e. The van der Waals surface area contributed by atoms with Gasteiger partial charge in [-0.25, -0.2) is 4.39 Å². The molecule has 0 aromatic heterocycles. The highest BCUT2D eigenvalue weighted by Gasteiger charge is 2.08. The molecule has 2 nitrogen and oxygen atoms in total. The van der Waals surface area contributed by atoms with E-state index >= 15 is 0 Å². The van der Waals surface area contributed by atoms with Crippen LogP contribution in [-0.4, -0.2) is 37.0 Å². The summed E-state index contributed by atoms with van der Waals surface area (Å²) in [6, 6.07) is 6.69. The second-order valence-electron chi connectivity index (χ2n) is 3.88. The van der Waals surface area contributed by atoms with Crippen molar-refractivity contribution in [1.29, 1.82) is 0 Å². The predicted molar refractivity (Wildman–Crippen MR) is 67.3 cm³/mol. The third kappa shape index (κ3) is 5.05. The van der Waals surface area contributed by atoms with E-state index in [-0.39, 0.29) is 5.82 Å². The fraction of sp³-hybridized carbons (Fsp3) is 0.500. The maximum Gasteiger partial charge on any atom is 0.123 e. The van der Waals surface area contributed by atoms with Crippen molar-refractivity contribution in [3.8, 4) is 0 Å². The molecule has 1 atom stereocenters. The Balaban J connectivity index is 2.42. The van der Waals surface area contributed by atoms with Gasteiger partial charge in [0.25, 0.3) is 0 Å². The fourth-order valence-corrected chi connectivity index (χ4v) is 2.34. The van der Waals surface area contributed by atoms with E-state index in [9.17, 15) is 4.39 Å². The summed E-state index contributed by atoms with van der Waals surface area (Å²) in [6.07, 6.45) is 0. The first-order valence-corrected chi connectivity index (χ1v) is 6.09. The van der Waals surface area contributed by atoms with Gasteiger partial charge in [0, 0.05) is 20.2 Å². The monoisotopic (exact) mass is 289 g/mol. The van der Waals surface area contributed by atoms with Crippen molar-refractivity contribution in [3.63, 3.8) is 0 Å². The van der Waals surface area contributed by atoms with Gasteiger partial charge in [-0.15, -0.1) is 0 Å². The van der Waals surface area contributed by atoms with E-state index in [1.54, 1.807) is 19.2 Å². The van der Waals surface area contributed by atoms with Gasteiger partial charge >= 0.3 is 0 Å². The Bertz CT molecular complexity index is 322. The molecule has 1 aromatic rings. The first-order valence-electron chi connectivity index (χ1n) is 5.18. The molecule has 0 radical (unpaired) electrons. The van der Waals surface area contributed by atoms with Crippen molar-refractivity contribution in [2.45, 2.75) is 11.4 Å². The van der Waals surface area contributed by atoms with Crippen molar-refractivity contribution >= 4 is 15.9 Å². The summed E-state index contributed by atoms with van der Waals surface area (Å²) in [4.78, 5) is 2.43. The summed E-state index contributed by atoms with van der Waals surface area (Å²) < 4.78 is 18.0. The molecule has 4 heteroatoms. The van der Waals surface area contributed by atoms with Crippen molar-refractivity contribution < 1.29 is 9.13 Å². The van der Waals surface area contributed by atoms with Gasteiger partial charge in [0.1, 0.15) is 5.82 Å². The van der Waals surface area contributed by atoms with Crippen LogP contribution >= 0.6 is 15.9 Å². The maximum absolute atomic E-state index is 13.0. The van der Waals surface area contributed by atoms with Crippen molar-refractivity contribution in [3.05, 3.63) is 35.6 Å². The summed E-state index contributed by atoms with van der Waals surface area (Å²) >= 11 is 3.53. The van der Waals surface area contributed by atoms with Crippen molar-refractivity contribution in [2.24, 2.45) is 0 Å². The number of halogens is 2. The molecule has 0 spiro atoms. The standard InChI is InChI=1S/C12H17BrFNO/c1-15(8-11(13)9-16-2)7-10-4-3-5-12(14)6-10/h3-6,11H,7-9H2,1-2H3. The molecule has 0 N–H and O–H groups in total. The highest BCUT2D eigenvalue weighted by molar-refractivity contribution is 9.09. The quantitative estimate of drug-likeness (QED) is 0.747. The Labute approximate surface area is 105 Å². The molecule has 0 saturated heterocycles. The number of rotatable bonds is 6. The third-order valence-corrected chi connectivity index (χ3v) is 2.75. The van der Waals surface area contributed by atoms with Crippen LogP contribution in [-0.2, 0) is 11.3 Å². The highest BCUT2D eigenvalue weighted by atomic mass is 79.9. The molecule has 0 saturated carbocycles. The molecule has 0 aliphatic rings. The lowest BCUT2D eigenvalue weighted by molar-refractivity contribution is 0.185. The first-order chi connectivity index (χ1) is 7.61. The Hall–Kier alpha value is -0.450. The number of benzene rings is 1. The molecular weight excluding hydrogens is 273 g/mol. The van der Waals surface area contributed by atoms with Crippen LogP contribution in [0.25, 0.3) is 0 Å².